The second-order valence-electron chi connectivity index (χ2n) is 5.58. The molecule has 0 saturated heterocycles. The van der Waals surface area contributed by atoms with Gasteiger partial charge in [-0.3, -0.25) is 0 Å². The molecule has 0 aromatic rings. The van der Waals surface area contributed by atoms with Crippen molar-refractivity contribution in [3.05, 3.63) is 0 Å². The summed E-state index contributed by atoms with van der Waals surface area (Å²) in [7, 11) is 0. The Morgan fingerprint density at radius 1 is 1.38 bits per heavy atom. The first kappa shape index (κ1) is 11.0. The maximum atomic E-state index is 5.89. The molecule has 0 spiro atoms. The minimum absolute atomic E-state index is 0.00512. The first-order valence-electron chi connectivity index (χ1n) is 5.41. The lowest BCUT2D eigenvalue weighted by Gasteiger charge is -2.18. The molecule has 1 rings (SSSR count). The van der Waals surface area contributed by atoms with Gasteiger partial charge >= 0.3 is 0 Å². The first-order chi connectivity index (χ1) is 5.91. The molecule has 0 aromatic heterocycles. The van der Waals surface area contributed by atoms with Crippen LogP contribution in [0.15, 0.2) is 0 Å². The van der Waals surface area contributed by atoms with Gasteiger partial charge in [-0.05, 0) is 51.5 Å². The van der Waals surface area contributed by atoms with Crippen molar-refractivity contribution in [1.82, 2.24) is 5.32 Å². The molecule has 1 saturated carbocycles. The lowest BCUT2D eigenvalue weighted by atomic mass is 10.0. The third-order valence-electron chi connectivity index (χ3n) is 2.83. The van der Waals surface area contributed by atoms with Gasteiger partial charge in [0, 0.05) is 12.1 Å². The zero-order valence-electron chi connectivity index (χ0n) is 9.32. The molecule has 0 radical (unpaired) electrons. The van der Waals surface area contributed by atoms with Crippen LogP contribution in [0.2, 0.25) is 0 Å². The normalized spacial score (nSPS) is 20.3. The number of nitrogens with two attached hydrogens (primary N) is 1. The SMILES string of the molecule is CC(C)(N)CCCNCC1(C)CC1. The molecule has 0 unspecified atom stereocenters. The van der Waals surface area contributed by atoms with Crippen LogP contribution in [0.3, 0.4) is 0 Å². The molecule has 3 N–H and O–H groups in total. The van der Waals surface area contributed by atoms with Crippen molar-refractivity contribution in [3.63, 3.8) is 0 Å². The van der Waals surface area contributed by atoms with Gasteiger partial charge in [-0.25, -0.2) is 0 Å². The van der Waals surface area contributed by atoms with E-state index < -0.39 is 0 Å². The van der Waals surface area contributed by atoms with Crippen LogP contribution < -0.4 is 11.1 Å². The van der Waals surface area contributed by atoms with E-state index in [1.165, 1.54) is 25.8 Å². The molecule has 0 amide bonds. The summed E-state index contributed by atoms with van der Waals surface area (Å²) in [5.41, 5.74) is 6.53. The highest BCUT2D eigenvalue weighted by Crippen LogP contribution is 2.43. The highest BCUT2D eigenvalue weighted by molar-refractivity contribution is 4.90. The van der Waals surface area contributed by atoms with Gasteiger partial charge in [0.1, 0.15) is 0 Å². The largest absolute Gasteiger partial charge is 0.326 e. The summed E-state index contributed by atoms with van der Waals surface area (Å²) < 4.78 is 0. The molecule has 78 valence electrons. The minimum Gasteiger partial charge on any atom is -0.326 e. The fraction of sp³-hybridized carbons (Fsp3) is 1.00. The van der Waals surface area contributed by atoms with E-state index in [0.29, 0.717) is 5.41 Å². The third kappa shape index (κ3) is 5.27. The van der Waals surface area contributed by atoms with Crippen LogP contribution in [-0.2, 0) is 0 Å². The quantitative estimate of drug-likeness (QED) is 0.619. The summed E-state index contributed by atoms with van der Waals surface area (Å²) >= 11 is 0. The lowest BCUT2D eigenvalue weighted by Crippen LogP contribution is -2.33. The average Bonchev–Trinajstić information content (AvgIpc) is 2.65. The lowest BCUT2D eigenvalue weighted by molar-refractivity contribution is 0.432. The maximum Gasteiger partial charge on any atom is 0.00975 e. The van der Waals surface area contributed by atoms with Gasteiger partial charge < -0.3 is 11.1 Å². The van der Waals surface area contributed by atoms with Crippen LogP contribution >= 0.6 is 0 Å². The zero-order valence-corrected chi connectivity index (χ0v) is 9.32. The third-order valence-corrected chi connectivity index (χ3v) is 2.83. The molecule has 0 aromatic carbocycles. The van der Waals surface area contributed by atoms with Crippen molar-refractivity contribution in [2.24, 2.45) is 11.1 Å². The van der Waals surface area contributed by atoms with E-state index in [4.69, 9.17) is 5.73 Å². The Morgan fingerprint density at radius 2 is 2.00 bits per heavy atom. The van der Waals surface area contributed by atoms with E-state index in [-0.39, 0.29) is 5.54 Å². The van der Waals surface area contributed by atoms with Crippen molar-refractivity contribution in [1.29, 1.82) is 0 Å². The van der Waals surface area contributed by atoms with Crippen LogP contribution in [0.25, 0.3) is 0 Å². The smallest absolute Gasteiger partial charge is 0.00975 e. The molecule has 0 atom stereocenters. The fourth-order valence-corrected chi connectivity index (χ4v) is 1.45. The molecule has 0 bridgehead atoms. The summed E-state index contributed by atoms with van der Waals surface area (Å²) in [6.07, 6.45) is 5.11. The number of nitrogens with one attached hydrogen (secondary N) is 1. The van der Waals surface area contributed by atoms with Crippen molar-refractivity contribution >= 4 is 0 Å². The Kier molecular flexibility index (Phi) is 3.36. The molecule has 1 aliphatic carbocycles. The molecular formula is C11H24N2. The van der Waals surface area contributed by atoms with Gasteiger partial charge in [-0.2, -0.15) is 0 Å². The molecular weight excluding hydrogens is 160 g/mol. The van der Waals surface area contributed by atoms with Crippen molar-refractivity contribution in [2.45, 2.75) is 52.0 Å². The summed E-state index contributed by atoms with van der Waals surface area (Å²) in [5, 5.41) is 3.50. The van der Waals surface area contributed by atoms with Crippen molar-refractivity contribution in [3.8, 4) is 0 Å². The predicted molar refractivity (Wildman–Crippen MR) is 57.7 cm³/mol. The summed E-state index contributed by atoms with van der Waals surface area (Å²) in [6, 6.07) is 0. The average molecular weight is 184 g/mol. The Labute approximate surface area is 82.3 Å². The van der Waals surface area contributed by atoms with E-state index in [1.807, 2.05) is 0 Å². The van der Waals surface area contributed by atoms with E-state index in [0.717, 1.165) is 13.0 Å². The van der Waals surface area contributed by atoms with Gasteiger partial charge in [-0.15, -0.1) is 0 Å². The zero-order chi connectivity index (χ0) is 9.95. The van der Waals surface area contributed by atoms with E-state index in [1.54, 1.807) is 0 Å². The minimum atomic E-state index is 0.00512. The Hall–Kier alpha value is -0.0800. The molecule has 0 heterocycles. The first-order valence-corrected chi connectivity index (χ1v) is 5.41. The van der Waals surface area contributed by atoms with E-state index >= 15 is 0 Å². The van der Waals surface area contributed by atoms with Crippen molar-refractivity contribution in [2.75, 3.05) is 13.1 Å². The molecule has 2 heteroatoms. The molecule has 0 aliphatic heterocycles. The van der Waals surface area contributed by atoms with Gasteiger partial charge in [0.25, 0.3) is 0 Å². The summed E-state index contributed by atoms with van der Waals surface area (Å²) in [5.74, 6) is 0. The Morgan fingerprint density at radius 3 is 2.46 bits per heavy atom. The second-order valence-corrected chi connectivity index (χ2v) is 5.58. The second kappa shape index (κ2) is 3.97. The predicted octanol–water partition coefficient (Wildman–Crippen LogP) is 1.89. The summed E-state index contributed by atoms with van der Waals surface area (Å²) in [4.78, 5) is 0. The van der Waals surface area contributed by atoms with Crippen LogP contribution in [0, 0.1) is 5.41 Å². The van der Waals surface area contributed by atoms with Gasteiger partial charge in [0.2, 0.25) is 0 Å². The maximum absolute atomic E-state index is 5.89. The van der Waals surface area contributed by atoms with E-state index in [2.05, 4.69) is 26.1 Å². The number of rotatable bonds is 6. The highest BCUT2D eigenvalue weighted by atomic mass is 14.9. The Balaban J connectivity index is 1.90. The fourth-order valence-electron chi connectivity index (χ4n) is 1.45. The highest BCUT2D eigenvalue weighted by Gasteiger charge is 2.36. The Bertz CT molecular complexity index is 147. The van der Waals surface area contributed by atoms with Gasteiger partial charge in [0.05, 0.1) is 0 Å². The molecule has 13 heavy (non-hydrogen) atoms. The van der Waals surface area contributed by atoms with Crippen molar-refractivity contribution < 1.29 is 0 Å². The van der Waals surface area contributed by atoms with Gasteiger partial charge in [-0.1, -0.05) is 6.92 Å². The number of hydrogen-bond donors (Lipinski definition) is 2. The van der Waals surface area contributed by atoms with Gasteiger partial charge in [0.15, 0.2) is 0 Å². The monoisotopic (exact) mass is 184 g/mol. The topological polar surface area (TPSA) is 38.0 Å². The van der Waals surface area contributed by atoms with Crippen LogP contribution in [-0.4, -0.2) is 18.6 Å². The molecule has 2 nitrogen and oxygen atoms in total. The van der Waals surface area contributed by atoms with E-state index in [9.17, 15) is 0 Å². The standard InChI is InChI=1S/C11H24N2/c1-10(2,12)5-4-8-13-9-11(3)6-7-11/h13H,4-9,12H2,1-3H3. The van der Waals surface area contributed by atoms with Crippen LogP contribution in [0.4, 0.5) is 0 Å². The molecule has 1 fully saturated rings. The molecule has 1 aliphatic rings. The van der Waals surface area contributed by atoms with Crippen LogP contribution in [0.1, 0.15) is 46.5 Å². The summed E-state index contributed by atoms with van der Waals surface area (Å²) in [6.45, 7) is 8.85. The van der Waals surface area contributed by atoms with Crippen LogP contribution in [0.5, 0.6) is 0 Å². The number of hydrogen-bond acceptors (Lipinski definition) is 2.